The molecule has 0 unspecified atom stereocenters. The molecular formula is C12H7BrClNO. The molecule has 0 atom stereocenters. The predicted molar refractivity (Wildman–Crippen MR) is 66.8 cm³/mol. The number of hydrogen-bond donors (Lipinski definition) is 0. The van der Waals surface area contributed by atoms with Gasteiger partial charge in [0.2, 0.25) is 0 Å². The molecule has 2 aromatic rings. The number of halogens is 2. The van der Waals surface area contributed by atoms with E-state index in [4.69, 9.17) is 11.6 Å². The number of aromatic nitrogens is 1. The average molecular weight is 297 g/mol. The van der Waals surface area contributed by atoms with Crippen LogP contribution in [0, 0.1) is 0 Å². The molecule has 0 aliphatic rings. The molecule has 1 aromatic heterocycles. The van der Waals surface area contributed by atoms with Gasteiger partial charge in [0, 0.05) is 28.0 Å². The van der Waals surface area contributed by atoms with Crippen LogP contribution in [0.5, 0.6) is 0 Å². The van der Waals surface area contributed by atoms with Gasteiger partial charge in [0.15, 0.2) is 5.78 Å². The molecule has 0 aliphatic carbocycles. The topological polar surface area (TPSA) is 30.0 Å². The third-order valence-electron chi connectivity index (χ3n) is 2.11. The summed E-state index contributed by atoms with van der Waals surface area (Å²) in [6.07, 6.45) is 3.17. The number of carbonyl (C=O) groups is 1. The molecule has 80 valence electrons. The fraction of sp³-hybridized carbons (Fsp3) is 0. The Hall–Kier alpha value is -1.19. The van der Waals surface area contributed by atoms with Crippen LogP contribution < -0.4 is 0 Å². The first-order valence-electron chi connectivity index (χ1n) is 4.58. The number of carbonyl (C=O) groups excluding carboxylic acids is 1. The number of benzene rings is 1. The van der Waals surface area contributed by atoms with Crippen molar-refractivity contribution in [2.24, 2.45) is 0 Å². The molecule has 2 nitrogen and oxygen atoms in total. The van der Waals surface area contributed by atoms with E-state index in [1.807, 2.05) is 0 Å². The zero-order valence-corrected chi connectivity index (χ0v) is 10.5. The Morgan fingerprint density at radius 2 is 2.06 bits per heavy atom. The van der Waals surface area contributed by atoms with E-state index in [2.05, 4.69) is 20.9 Å². The van der Waals surface area contributed by atoms with Crippen molar-refractivity contribution in [1.82, 2.24) is 4.98 Å². The molecule has 0 N–H and O–H groups in total. The zero-order chi connectivity index (χ0) is 11.5. The Morgan fingerprint density at radius 3 is 2.69 bits per heavy atom. The van der Waals surface area contributed by atoms with Crippen LogP contribution in [0.4, 0.5) is 0 Å². The Labute approximate surface area is 106 Å². The van der Waals surface area contributed by atoms with Gasteiger partial charge in [-0.3, -0.25) is 9.78 Å². The maximum absolute atomic E-state index is 12.0. The third-order valence-corrected chi connectivity index (χ3v) is 3.34. The molecule has 0 fully saturated rings. The minimum absolute atomic E-state index is 0.0810. The van der Waals surface area contributed by atoms with Gasteiger partial charge < -0.3 is 0 Å². The predicted octanol–water partition coefficient (Wildman–Crippen LogP) is 3.73. The van der Waals surface area contributed by atoms with Crippen molar-refractivity contribution in [3.05, 3.63) is 63.3 Å². The lowest BCUT2D eigenvalue weighted by atomic mass is 10.1. The van der Waals surface area contributed by atoms with Gasteiger partial charge >= 0.3 is 0 Å². The molecule has 0 spiro atoms. The molecule has 0 bridgehead atoms. The van der Waals surface area contributed by atoms with Crippen molar-refractivity contribution in [1.29, 1.82) is 0 Å². The SMILES string of the molecule is O=C(c1cccnc1)c1ccc(Br)c(Cl)c1. The van der Waals surface area contributed by atoms with Crippen LogP contribution in [0.25, 0.3) is 0 Å². The van der Waals surface area contributed by atoms with Gasteiger partial charge in [-0.15, -0.1) is 0 Å². The quantitative estimate of drug-likeness (QED) is 0.790. The first-order chi connectivity index (χ1) is 7.68. The number of rotatable bonds is 2. The van der Waals surface area contributed by atoms with Gasteiger partial charge in [0.1, 0.15) is 0 Å². The van der Waals surface area contributed by atoms with Gasteiger partial charge in [-0.05, 0) is 46.3 Å². The van der Waals surface area contributed by atoms with Crippen molar-refractivity contribution in [3.63, 3.8) is 0 Å². The van der Waals surface area contributed by atoms with E-state index >= 15 is 0 Å². The standard InChI is InChI=1S/C12H7BrClNO/c13-10-4-3-8(6-11(10)14)12(16)9-2-1-5-15-7-9/h1-7H. The zero-order valence-electron chi connectivity index (χ0n) is 8.15. The van der Waals surface area contributed by atoms with E-state index in [-0.39, 0.29) is 5.78 Å². The maximum atomic E-state index is 12.0. The maximum Gasteiger partial charge on any atom is 0.194 e. The molecule has 1 aromatic carbocycles. The summed E-state index contributed by atoms with van der Waals surface area (Å²) in [5.41, 5.74) is 1.11. The summed E-state index contributed by atoms with van der Waals surface area (Å²) in [6, 6.07) is 8.58. The largest absolute Gasteiger partial charge is 0.289 e. The molecule has 2 rings (SSSR count). The molecule has 0 saturated carbocycles. The molecule has 1 heterocycles. The van der Waals surface area contributed by atoms with Crippen molar-refractivity contribution in [2.45, 2.75) is 0 Å². The summed E-state index contributed by atoms with van der Waals surface area (Å²) in [5, 5.41) is 0.523. The lowest BCUT2D eigenvalue weighted by molar-refractivity contribution is 0.103. The van der Waals surface area contributed by atoms with Crippen LogP contribution in [0.2, 0.25) is 5.02 Å². The van der Waals surface area contributed by atoms with Gasteiger partial charge in [0.05, 0.1) is 5.02 Å². The van der Waals surface area contributed by atoms with Crippen molar-refractivity contribution in [2.75, 3.05) is 0 Å². The fourth-order valence-electron chi connectivity index (χ4n) is 1.30. The highest BCUT2D eigenvalue weighted by atomic mass is 79.9. The van der Waals surface area contributed by atoms with Crippen molar-refractivity contribution >= 4 is 33.3 Å². The van der Waals surface area contributed by atoms with Crippen molar-refractivity contribution < 1.29 is 4.79 Å². The summed E-state index contributed by atoms with van der Waals surface area (Å²) >= 11 is 9.21. The summed E-state index contributed by atoms with van der Waals surface area (Å²) in [4.78, 5) is 15.9. The smallest absolute Gasteiger partial charge is 0.194 e. The van der Waals surface area contributed by atoms with Crippen LogP contribution in [-0.2, 0) is 0 Å². The number of ketones is 1. The van der Waals surface area contributed by atoms with Gasteiger partial charge in [0.25, 0.3) is 0 Å². The van der Waals surface area contributed by atoms with Gasteiger partial charge in [-0.25, -0.2) is 0 Å². The summed E-state index contributed by atoms with van der Waals surface area (Å²) in [6.45, 7) is 0. The highest BCUT2D eigenvalue weighted by Gasteiger charge is 2.10. The Bertz CT molecular complexity index is 528. The number of nitrogens with zero attached hydrogens (tertiary/aromatic N) is 1. The van der Waals surface area contributed by atoms with Crippen LogP contribution in [0.15, 0.2) is 47.2 Å². The Kier molecular flexibility index (Phi) is 3.36. The summed E-state index contributed by atoms with van der Waals surface area (Å²) in [7, 11) is 0. The molecule has 16 heavy (non-hydrogen) atoms. The Morgan fingerprint density at radius 1 is 1.25 bits per heavy atom. The monoisotopic (exact) mass is 295 g/mol. The summed E-state index contributed by atoms with van der Waals surface area (Å²) in [5.74, 6) is -0.0810. The first kappa shape index (κ1) is 11.3. The molecule has 0 saturated heterocycles. The van der Waals surface area contributed by atoms with E-state index in [1.165, 1.54) is 6.20 Å². The van der Waals surface area contributed by atoms with Crippen molar-refractivity contribution in [3.8, 4) is 0 Å². The van der Waals surface area contributed by atoms with Crippen LogP contribution >= 0.6 is 27.5 Å². The first-order valence-corrected chi connectivity index (χ1v) is 5.75. The molecule has 0 radical (unpaired) electrons. The normalized spacial score (nSPS) is 10.1. The summed E-state index contributed by atoms with van der Waals surface area (Å²) < 4.78 is 0.775. The Balaban J connectivity index is 2.39. The second-order valence-electron chi connectivity index (χ2n) is 3.20. The minimum Gasteiger partial charge on any atom is -0.289 e. The molecular weight excluding hydrogens is 289 g/mol. The van der Waals surface area contributed by atoms with Crippen LogP contribution in [0.1, 0.15) is 15.9 Å². The van der Waals surface area contributed by atoms with Gasteiger partial charge in [-0.2, -0.15) is 0 Å². The second-order valence-corrected chi connectivity index (χ2v) is 4.46. The lowest BCUT2D eigenvalue weighted by Crippen LogP contribution is -2.01. The average Bonchev–Trinajstić information content (AvgIpc) is 2.33. The van der Waals surface area contributed by atoms with E-state index in [0.717, 1.165) is 4.47 Å². The van der Waals surface area contributed by atoms with E-state index in [9.17, 15) is 4.79 Å². The van der Waals surface area contributed by atoms with Crippen LogP contribution in [0.3, 0.4) is 0 Å². The highest BCUT2D eigenvalue weighted by molar-refractivity contribution is 9.10. The molecule has 0 aliphatic heterocycles. The van der Waals surface area contributed by atoms with E-state index in [1.54, 1.807) is 36.5 Å². The van der Waals surface area contributed by atoms with E-state index < -0.39 is 0 Å². The molecule has 0 amide bonds. The fourth-order valence-corrected chi connectivity index (χ4v) is 1.73. The highest BCUT2D eigenvalue weighted by Crippen LogP contribution is 2.24. The minimum atomic E-state index is -0.0810. The number of hydrogen-bond acceptors (Lipinski definition) is 2. The lowest BCUT2D eigenvalue weighted by Gasteiger charge is -2.02. The van der Waals surface area contributed by atoms with Gasteiger partial charge in [-0.1, -0.05) is 11.6 Å². The van der Waals surface area contributed by atoms with E-state index in [0.29, 0.717) is 16.1 Å². The van der Waals surface area contributed by atoms with Crippen LogP contribution in [-0.4, -0.2) is 10.8 Å². The molecule has 4 heteroatoms. The third kappa shape index (κ3) is 2.31. The second kappa shape index (κ2) is 4.76. The number of pyridine rings is 1.